The van der Waals surface area contributed by atoms with Crippen LogP contribution in [0.1, 0.15) is 53.3 Å². The number of benzene rings is 2. The number of carbonyl (C=O) groups is 2. The number of carbonyl (C=O) groups excluding carboxylic acids is 2. The summed E-state index contributed by atoms with van der Waals surface area (Å²) < 4.78 is 0. The molecule has 0 radical (unpaired) electrons. The third-order valence-corrected chi connectivity index (χ3v) is 5.20. The lowest BCUT2D eigenvalue weighted by Gasteiger charge is -2.35. The standard InChI is InChI=1S/C21H23ClN2O2/c1-2-17-7-5-6-14-24(17)21(26)16-12-10-15(11-13-16)20(25)23-19-9-4-3-8-18(19)22/h3-4,8-13,17H,2,5-7,14H2,1H3,(H,23,25). The van der Waals surface area contributed by atoms with Gasteiger partial charge in [0.25, 0.3) is 11.8 Å². The van der Waals surface area contributed by atoms with Gasteiger partial charge in [-0.05, 0) is 62.1 Å². The lowest BCUT2D eigenvalue weighted by Crippen LogP contribution is -2.43. The highest BCUT2D eigenvalue weighted by Crippen LogP contribution is 2.23. The average molecular weight is 371 g/mol. The minimum atomic E-state index is -0.249. The molecule has 0 saturated carbocycles. The monoisotopic (exact) mass is 370 g/mol. The van der Waals surface area contributed by atoms with Crippen molar-refractivity contribution in [2.45, 2.75) is 38.6 Å². The van der Waals surface area contributed by atoms with E-state index in [2.05, 4.69) is 12.2 Å². The van der Waals surface area contributed by atoms with Gasteiger partial charge in [-0.25, -0.2) is 0 Å². The highest BCUT2D eigenvalue weighted by Gasteiger charge is 2.26. The van der Waals surface area contributed by atoms with E-state index in [-0.39, 0.29) is 11.8 Å². The molecule has 1 unspecified atom stereocenters. The van der Waals surface area contributed by atoms with Gasteiger partial charge >= 0.3 is 0 Å². The van der Waals surface area contributed by atoms with Crippen LogP contribution in [0.15, 0.2) is 48.5 Å². The molecule has 1 atom stereocenters. The summed E-state index contributed by atoms with van der Waals surface area (Å²) in [4.78, 5) is 27.2. The first kappa shape index (κ1) is 18.5. The van der Waals surface area contributed by atoms with Gasteiger partial charge in [0.2, 0.25) is 0 Å². The Kier molecular flexibility index (Phi) is 5.94. The molecule has 2 aromatic rings. The summed E-state index contributed by atoms with van der Waals surface area (Å²) in [5.41, 5.74) is 1.69. The zero-order valence-electron chi connectivity index (χ0n) is 14.9. The van der Waals surface area contributed by atoms with E-state index in [0.29, 0.717) is 27.9 Å². The van der Waals surface area contributed by atoms with Crippen molar-refractivity contribution in [3.63, 3.8) is 0 Å². The minimum Gasteiger partial charge on any atom is -0.336 e. The molecule has 2 aromatic carbocycles. The highest BCUT2D eigenvalue weighted by atomic mass is 35.5. The molecule has 26 heavy (non-hydrogen) atoms. The number of nitrogens with zero attached hydrogens (tertiary/aromatic N) is 1. The summed E-state index contributed by atoms with van der Waals surface area (Å²) >= 11 is 6.07. The van der Waals surface area contributed by atoms with Crippen molar-refractivity contribution >= 4 is 29.1 Å². The van der Waals surface area contributed by atoms with Gasteiger partial charge in [-0.15, -0.1) is 0 Å². The Labute approximate surface area is 159 Å². The Bertz CT molecular complexity index is 789. The van der Waals surface area contributed by atoms with Crippen molar-refractivity contribution in [2.24, 2.45) is 0 Å². The number of para-hydroxylation sites is 1. The summed E-state index contributed by atoms with van der Waals surface area (Å²) in [5, 5.41) is 3.28. The van der Waals surface area contributed by atoms with Crippen molar-refractivity contribution in [1.29, 1.82) is 0 Å². The van der Waals surface area contributed by atoms with Crippen LogP contribution in [0.3, 0.4) is 0 Å². The molecule has 1 aliphatic rings. The maximum absolute atomic E-state index is 12.8. The van der Waals surface area contributed by atoms with E-state index in [9.17, 15) is 9.59 Å². The maximum Gasteiger partial charge on any atom is 0.255 e. The molecule has 0 aliphatic carbocycles. The number of anilines is 1. The van der Waals surface area contributed by atoms with Gasteiger partial charge in [-0.1, -0.05) is 30.7 Å². The molecule has 136 valence electrons. The van der Waals surface area contributed by atoms with E-state index in [1.807, 2.05) is 17.0 Å². The second-order valence-corrected chi connectivity index (χ2v) is 6.97. The third kappa shape index (κ3) is 4.07. The molecule has 1 N–H and O–H groups in total. The Hall–Kier alpha value is -2.33. The number of halogens is 1. The predicted octanol–water partition coefficient (Wildman–Crippen LogP) is 5.00. The van der Waals surface area contributed by atoms with Gasteiger partial charge in [-0.3, -0.25) is 9.59 Å². The molecule has 2 amide bonds. The van der Waals surface area contributed by atoms with Gasteiger partial charge in [0.15, 0.2) is 0 Å². The molecule has 3 rings (SSSR count). The van der Waals surface area contributed by atoms with Crippen molar-refractivity contribution < 1.29 is 9.59 Å². The number of rotatable bonds is 4. The van der Waals surface area contributed by atoms with Gasteiger partial charge in [-0.2, -0.15) is 0 Å². The Balaban J connectivity index is 1.70. The second kappa shape index (κ2) is 8.37. The molecular formula is C21H23ClN2O2. The number of hydrogen-bond donors (Lipinski definition) is 1. The zero-order valence-corrected chi connectivity index (χ0v) is 15.6. The number of likely N-dealkylation sites (tertiary alicyclic amines) is 1. The summed E-state index contributed by atoms with van der Waals surface area (Å²) in [6.45, 7) is 2.94. The summed E-state index contributed by atoms with van der Waals surface area (Å²) in [5.74, 6) is -0.198. The SMILES string of the molecule is CCC1CCCCN1C(=O)c1ccc(C(=O)Nc2ccccc2Cl)cc1. The molecule has 0 aromatic heterocycles. The van der Waals surface area contributed by atoms with Crippen molar-refractivity contribution in [3.8, 4) is 0 Å². The zero-order chi connectivity index (χ0) is 18.5. The Morgan fingerprint density at radius 2 is 1.77 bits per heavy atom. The van der Waals surface area contributed by atoms with Crippen molar-refractivity contribution in [1.82, 2.24) is 4.90 Å². The average Bonchev–Trinajstić information content (AvgIpc) is 2.69. The molecule has 1 fully saturated rings. The van der Waals surface area contributed by atoms with Crippen LogP contribution in [0, 0.1) is 0 Å². The van der Waals surface area contributed by atoms with E-state index >= 15 is 0 Å². The van der Waals surface area contributed by atoms with Crippen molar-refractivity contribution in [2.75, 3.05) is 11.9 Å². The van der Waals surface area contributed by atoms with E-state index in [1.54, 1.807) is 36.4 Å². The normalized spacial score (nSPS) is 17.0. The van der Waals surface area contributed by atoms with E-state index < -0.39 is 0 Å². The van der Waals surface area contributed by atoms with Crippen molar-refractivity contribution in [3.05, 3.63) is 64.7 Å². The minimum absolute atomic E-state index is 0.0506. The van der Waals surface area contributed by atoms with Crippen LogP contribution in [0.4, 0.5) is 5.69 Å². The lowest BCUT2D eigenvalue weighted by molar-refractivity contribution is 0.0607. The summed E-state index contributed by atoms with van der Waals surface area (Å²) in [6.07, 6.45) is 4.29. The smallest absolute Gasteiger partial charge is 0.255 e. The number of hydrogen-bond acceptors (Lipinski definition) is 2. The Morgan fingerprint density at radius 1 is 1.08 bits per heavy atom. The Morgan fingerprint density at radius 3 is 2.46 bits per heavy atom. The van der Waals surface area contributed by atoms with E-state index in [4.69, 9.17) is 11.6 Å². The van der Waals surface area contributed by atoms with Crippen LogP contribution in [0.25, 0.3) is 0 Å². The molecule has 0 bridgehead atoms. The van der Waals surface area contributed by atoms with Gasteiger partial charge < -0.3 is 10.2 Å². The summed E-state index contributed by atoms with van der Waals surface area (Å²) in [6, 6.07) is 14.2. The van der Waals surface area contributed by atoms with Crippen LogP contribution < -0.4 is 5.32 Å². The van der Waals surface area contributed by atoms with Gasteiger partial charge in [0.05, 0.1) is 10.7 Å². The highest BCUT2D eigenvalue weighted by molar-refractivity contribution is 6.33. The third-order valence-electron chi connectivity index (χ3n) is 4.88. The van der Waals surface area contributed by atoms with E-state index in [1.165, 1.54) is 6.42 Å². The molecule has 4 nitrogen and oxygen atoms in total. The molecule has 1 heterocycles. The topological polar surface area (TPSA) is 49.4 Å². The first-order valence-electron chi connectivity index (χ1n) is 9.07. The lowest BCUT2D eigenvalue weighted by atomic mass is 9.98. The summed E-state index contributed by atoms with van der Waals surface area (Å²) in [7, 11) is 0. The number of amides is 2. The predicted molar refractivity (Wildman–Crippen MR) is 105 cm³/mol. The first-order valence-corrected chi connectivity index (χ1v) is 9.45. The molecule has 1 saturated heterocycles. The molecule has 0 spiro atoms. The number of piperidine rings is 1. The molecule has 1 aliphatic heterocycles. The fourth-order valence-electron chi connectivity index (χ4n) is 3.38. The van der Waals surface area contributed by atoms with Crippen LogP contribution in [-0.2, 0) is 0 Å². The van der Waals surface area contributed by atoms with Crippen LogP contribution >= 0.6 is 11.6 Å². The molecule has 5 heteroatoms. The second-order valence-electron chi connectivity index (χ2n) is 6.57. The van der Waals surface area contributed by atoms with Gasteiger partial charge in [0, 0.05) is 23.7 Å². The maximum atomic E-state index is 12.8. The van der Waals surface area contributed by atoms with Crippen LogP contribution in [0.2, 0.25) is 5.02 Å². The molecular weight excluding hydrogens is 348 g/mol. The first-order chi connectivity index (χ1) is 12.6. The quantitative estimate of drug-likeness (QED) is 0.823. The number of nitrogens with one attached hydrogen (secondary N) is 1. The van der Waals surface area contributed by atoms with Crippen LogP contribution in [0.5, 0.6) is 0 Å². The van der Waals surface area contributed by atoms with Crippen LogP contribution in [-0.4, -0.2) is 29.3 Å². The van der Waals surface area contributed by atoms with Gasteiger partial charge in [0.1, 0.15) is 0 Å². The fraction of sp³-hybridized carbons (Fsp3) is 0.333. The fourth-order valence-corrected chi connectivity index (χ4v) is 3.56. The largest absolute Gasteiger partial charge is 0.336 e. The van der Waals surface area contributed by atoms with E-state index in [0.717, 1.165) is 25.8 Å².